The van der Waals surface area contributed by atoms with Crippen molar-refractivity contribution in [1.29, 1.82) is 0 Å². The first-order valence-corrected chi connectivity index (χ1v) is 7.69. The molecule has 1 aliphatic rings. The van der Waals surface area contributed by atoms with Crippen LogP contribution in [0, 0.1) is 0 Å². The number of para-hydroxylation sites is 1. The van der Waals surface area contributed by atoms with E-state index in [0.29, 0.717) is 0 Å². The number of aromatic nitrogens is 1. The molecule has 1 aliphatic heterocycles. The largest absolute Gasteiger partial charge is 0.296 e. The zero-order chi connectivity index (χ0) is 14.9. The van der Waals surface area contributed by atoms with Gasteiger partial charge in [0.1, 0.15) is 0 Å². The van der Waals surface area contributed by atoms with Crippen LogP contribution in [-0.2, 0) is 0 Å². The number of hydrogen-bond donors (Lipinski definition) is 2. The molecule has 1 fully saturated rings. The highest BCUT2D eigenvalue weighted by Crippen LogP contribution is 2.33. The van der Waals surface area contributed by atoms with Gasteiger partial charge in [-0.05, 0) is 57.5 Å². The molecular formula is C17H24N4. The molecule has 4 nitrogen and oxygen atoms in total. The lowest BCUT2D eigenvalue weighted by Gasteiger charge is -2.42. The summed E-state index contributed by atoms with van der Waals surface area (Å²) in [6.07, 6.45) is 4.50. The van der Waals surface area contributed by atoms with Crippen molar-refractivity contribution in [3.05, 3.63) is 42.1 Å². The first-order chi connectivity index (χ1) is 10.1. The first-order valence-electron chi connectivity index (χ1n) is 7.69. The Morgan fingerprint density at radius 3 is 2.67 bits per heavy atom. The maximum absolute atomic E-state index is 5.90. The molecule has 1 saturated heterocycles. The van der Waals surface area contributed by atoms with Crippen molar-refractivity contribution in [3.63, 3.8) is 0 Å². The molecule has 2 aromatic rings. The normalized spacial score (nSPS) is 18.2. The fraction of sp³-hybridized carbons (Fsp3) is 0.471. The minimum atomic E-state index is -0.0324. The van der Waals surface area contributed by atoms with Gasteiger partial charge in [-0.3, -0.25) is 21.2 Å². The Bertz CT molecular complexity index is 617. The van der Waals surface area contributed by atoms with E-state index in [2.05, 4.69) is 41.3 Å². The lowest BCUT2D eigenvalue weighted by atomic mass is 9.88. The molecular weight excluding hydrogens is 260 g/mol. The van der Waals surface area contributed by atoms with E-state index in [0.717, 1.165) is 29.6 Å². The molecule has 0 radical (unpaired) electrons. The van der Waals surface area contributed by atoms with Crippen molar-refractivity contribution in [2.75, 3.05) is 13.1 Å². The third-order valence-electron chi connectivity index (χ3n) is 4.74. The summed E-state index contributed by atoms with van der Waals surface area (Å²) in [5, 5.41) is 1.16. The molecule has 1 unspecified atom stereocenters. The van der Waals surface area contributed by atoms with Crippen molar-refractivity contribution >= 4 is 10.9 Å². The first kappa shape index (κ1) is 14.4. The van der Waals surface area contributed by atoms with Crippen LogP contribution in [0.5, 0.6) is 0 Å². The molecule has 1 aromatic carbocycles. The zero-order valence-corrected chi connectivity index (χ0v) is 12.8. The molecule has 0 aliphatic carbocycles. The van der Waals surface area contributed by atoms with E-state index in [9.17, 15) is 0 Å². The van der Waals surface area contributed by atoms with Crippen LogP contribution in [0.1, 0.15) is 38.3 Å². The summed E-state index contributed by atoms with van der Waals surface area (Å²) in [7, 11) is 0. The Labute approximate surface area is 126 Å². The van der Waals surface area contributed by atoms with Crippen molar-refractivity contribution in [3.8, 4) is 0 Å². The molecule has 4 heteroatoms. The number of nitrogens with one attached hydrogen (secondary N) is 1. The maximum atomic E-state index is 5.90. The van der Waals surface area contributed by atoms with Crippen LogP contribution < -0.4 is 11.3 Å². The van der Waals surface area contributed by atoms with Gasteiger partial charge in [-0.2, -0.15) is 0 Å². The minimum absolute atomic E-state index is 0.0324. The average Bonchev–Trinajstić information content (AvgIpc) is 3.02. The fourth-order valence-electron chi connectivity index (χ4n) is 3.43. The highest BCUT2D eigenvalue weighted by Gasteiger charge is 2.37. The third-order valence-corrected chi connectivity index (χ3v) is 4.74. The zero-order valence-electron chi connectivity index (χ0n) is 12.8. The second kappa shape index (κ2) is 5.72. The number of fused-ring (bicyclic) bond motifs is 1. The molecule has 2 heterocycles. The van der Waals surface area contributed by atoms with E-state index in [1.165, 1.54) is 12.8 Å². The molecule has 3 rings (SSSR count). The SMILES string of the molecule is CC(C)(C(NN)c1cnc2ccccc2c1)N1CCCC1. The highest BCUT2D eigenvalue weighted by atomic mass is 15.3. The van der Waals surface area contributed by atoms with Crippen LogP contribution in [0.15, 0.2) is 36.5 Å². The van der Waals surface area contributed by atoms with Gasteiger partial charge in [0.2, 0.25) is 0 Å². The minimum Gasteiger partial charge on any atom is -0.296 e. The third kappa shape index (κ3) is 2.67. The summed E-state index contributed by atoms with van der Waals surface area (Å²) in [5.41, 5.74) is 5.16. The lowest BCUT2D eigenvalue weighted by Crippen LogP contribution is -2.53. The number of likely N-dealkylation sites (tertiary alicyclic amines) is 1. The van der Waals surface area contributed by atoms with Gasteiger partial charge in [-0.15, -0.1) is 0 Å². The van der Waals surface area contributed by atoms with Gasteiger partial charge in [-0.25, -0.2) is 0 Å². The Morgan fingerprint density at radius 1 is 1.24 bits per heavy atom. The van der Waals surface area contributed by atoms with Crippen LogP contribution in [0.3, 0.4) is 0 Å². The molecule has 1 aromatic heterocycles. The molecule has 0 saturated carbocycles. The number of hydrazine groups is 1. The number of nitrogens with two attached hydrogens (primary N) is 1. The van der Waals surface area contributed by atoms with Crippen molar-refractivity contribution in [1.82, 2.24) is 15.3 Å². The molecule has 1 atom stereocenters. The number of benzene rings is 1. The Kier molecular flexibility index (Phi) is 3.93. The number of pyridine rings is 1. The summed E-state index contributed by atoms with van der Waals surface area (Å²) in [5.74, 6) is 5.90. The quantitative estimate of drug-likeness (QED) is 0.669. The van der Waals surface area contributed by atoms with E-state index in [1.807, 2.05) is 24.4 Å². The molecule has 0 amide bonds. The maximum Gasteiger partial charge on any atom is 0.0702 e. The fourth-order valence-corrected chi connectivity index (χ4v) is 3.43. The summed E-state index contributed by atoms with van der Waals surface area (Å²) in [6.45, 7) is 6.81. The van der Waals surface area contributed by atoms with Crippen molar-refractivity contribution < 1.29 is 0 Å². The van der Waals surface area contributed by atoms with E-state index in [1.54, 1.807) is 0 Å². The number of rotatable bonds is 4. The van der Waals surface area contributed by atoms with Crippen LogP contribution in [0.25, 0.3) is 10.9 Å². The summed E-state index contributed by atoms with van der Waals surface area (Å²) in [4.78, 5) is 7.10. The van der Waals surface area contributed by atoms with Gasteiger partial charge in [0.25, 0.3) is 0 Å². The van der Waals surface area contributed by atoms with Gasteiger partial charge in [-0.1, -0.05) is 18.2 Å². The number of nitrogens with zero attached hydrogens (tertiary/aromatic N) is 2. The van der Waals surface area contributed by atoms with Gasteiger partial charge in [0.05, 0.1) is 11.6 Å². The van der Waals surface area contributed by atoms with Crippen LogP contribution >= 0.6 is 0 Å². The van der Waals surface area contributed by atoms with Crippen molar-refractivity contribution in [2.45, 2.75) is 38.3 Å². The smallest absolute Gasteiger partial charge is 0.0702 e. The summed E-state index contributed by atoms with van der Waals surface area (Å²) in [6, 6.07) is 10.5. The van der Waals surface area contributed by atoms with E-state index < -0.39 is 0 Å². The molecule has 3 N–H and O–H groups in total. The predicted molar refractivity (Wildman–Crippen MR) is 86.7 cm³/mol. The van der Waals surface area contributed by atoms with Gasteiger partial charge in [0, 0.05) is 17.1 Å². The highest BCUT2D eigenvalue weighted by molar-refractivity contribution is 5.78. The standard InChI is InChI=1S/C17H24N4/c1-17(2,21-9-5-6-10-21)16(20-18)14-11-13-7-3-4-8-15(13)19-12-14/h3-4,7-8,11-12,16,20H,5-6,9-10,18H2,1-2H3. The van der Waals surface area contributed by atoms with Crippen LogP contribution in [-0.4, -0.2) is 28.5 Å². The second-order valence-corrected chi connectivity index (χ2v) is 6.41. The van der Waals surface area contributed by atoms with Crippen molar-refractivity contribution in [2.24, 2.45) is 5.84 Å². The van der Waals surface area contributed by atoms with E-state index >= 15 is 0 Å². The summed E-state index contributed by atoms with van der Waals surface area (Å²) >= 11 is 0. The molecule has 112 valence electrons. The van der Waals surface area contributed by atoms with Gasteiger partial charge < -0.3 is 0 Å². The van der Waals surface area contributed by atoms with Gasteiger partial charge in [0.15, 0.2) is 0 Å². The molecule has 21 heavy (non-hydrogen) atoms. The average molecular weight is 284 g/mol. The monoisotopic (exact) mass is 284 g/mol. The Balaban J connectivity index is 1.96. The predicted octanol–water partition coefficient (Wildman–Crippen LogP) is 2.61. The molecule has 0 bridgehead atoms. The Hall–Kier alpha value is -1.49. The van der Waals surface area contributed by atoms with E-state index in [4.69, 9.17) is 5.84 Å². The topological polar surface area (TPSA) is 54.2 Å². The van der Waals surface area contributed by atoms with Crippen LogP contribution in [0.2, 0.25) is 0 Å². The Morgan fingerprint density at radius 2 is 1.95 bits per heavy atom. The number of hydrogen-bond acceptors (Lipinski definition) is 4. The second-order valence-electron chi connectivity index (χ2n) is 6.41. The van der Waals surface area contributed by atoms with Gasteiger partial charge >= 0.3 is 0 Å². The van der Waals surface area contributed by atoms with E-state index in [-0.39, 0.29) is 11.6 Å². The lowest BCUT2D eigenvalue weighted by molar-refractivity contribution is 0.107. The summed E-state index contributed by atoms with van der Waals surface area (Å²) < 4.78 is 0. The van der Waals surface area contributed by atoms with Crippen LogP contribution in [0.4, 0.5) is 0 Å². The molecule has 0 spiro atoms.